The van der Waals surface area contributed by atoms with Crippen molar-refractivity contribution >= 4 is 11.9 Å². The van der Waals surface area contributed by atoms with Crippen LogP contribution in [0.4, 0.5) is 0 Å². The van der Waals surface area contributed by atoms with Crippen LogP contribution in [0.2, 0.25) is 0 Å². The molecular weight excluding hydrogens is 246 g/mol. The monoisotopic (exact) mass is 269 g/mol. The molecule has 5 heteroatoms. The minimum absolute atomic E-state index is 0.0401. The van der Waals surface area contributed by atoms with Crippen molar-refractivity contribution < 1.29 is 19.4 Å². The van der Waals surface area contributed by atoms with E-state index in [4.69, 9.17) is 4.74 Å². The van der Waals surface area contributed by atoms with Crippen molar-refractivity contribution in [3.63, 3.8) is 0 Å². The summed E-state index contributed by atoms with van der Waals surface area (Å²) in [6.45, 7) is 2.64. The zero-order valence-electron chi connectivity index (χ0n) is 11.7. The average molecular weight is 269 g/mol. The van der Waals surface area contributed by atoms with E-state index < -0.39 is 11.4 Å². The molecule has 0 bridgehead atoms. The highest BCUT2D eigenvalue weighted by Crippen LogP contribution is 2.42. The number of carbonyl (C=O) groups excluding carboxylic acids is 1. The number of amides is 1. The summed E-state index contributed by atoms with van der Waals surface area (Å²) in [4.78, 5) is 25.5. The number of carboxylic acids is 1. The highest BCUT2D eigenvalue weighted by Gasteiger charge is 2.44. The first-order valence-corrected chi connectivity index (χ1v) is 7.07. The summed E-state index contributed by atoms with van der Waals surface area (Å²) in [5, 5.41) is 9.42. The van der Waals surface area contributed by atoms with Gasteiger partial charge in [-0.05, 0) is 26.2 Å². The van der Waals surface area contributed by atoms with Crippen LogP contribution in [0.3, 0.4) is 0 Å². The topological polar surface area (TPSA) is 66.8 Å². The minimum Gasteiger partial charge on any atom is -0.481 e. The minimum atomic E-state index is -0.825. The van der Waals surface area contributed by atoms with Crippen LogP contribution >= 0.6 is 0 Å². The van der Waals surface area contributed by atoms with Gasteiger partial charge in [-0.25, -0.2) is 0 Å². The van der Waals surface area contributed by atoms with Crippen LogP contribution in [0.25, 0.3) is 0 Å². The summed E-state index contributed by atoms with van der Waals surface area (Å²) < 4.78 is 5.47. The second kappa shape index (κ2) is 5.49. The third-order valence-electron chi connectivity index (χ3n) is 4.73. The predicted molar refractivity (Wildman–Crippen MR) is 69.7 cm³/mol. The Hall–Kier alpha value is -1.10. The van der Waals surface area contributed by atoms with Crippen molar-refractivity contribution in [2.24, 2.45) is 5.41 Å². The smallest absolute Gasteiger partial charge is 0.310 e. The molecule has 19 heavy (non-hydrogen) atoms. The van der Waals surface area contributed by atoms with Gasteiger partial charge in [0.1, 0.15) is 0 Å². The van der Waals surface area contributed by atoms with Crippen LogP contribution in [0, 0.1) is 5.41 Å². The second-order valence-corrected chi connectivity index (χ2v) is 5.91. The second-order valence-electron chi connectivity index (χ2n) is 5.91. The lowest BCUT2D eigenvalue weighted by molar-refractivity contribution is -0.153. The molecule has 1 aliphatic carbocycles. The van der Waals surface area contributed by atoms with Gasteiger partial charge in [-0.15, -0.1) is 0 Å². The van der Waals surface area contributed by atoms with Crippen LogP contribution in [0.5, 0.6) is 0 Å². The first-order chi connectivity index (χ1) is 8.96. The maximum absolute atomic E-state index is 12.3. The fourth-order valence-electron chi connectivity index (χ4n) is 3.35. The van der Waals surface area contributed by atoms with Crippen molar-refractivity contribution in [1.82, 2.24) is 4.90 Å². The standard InChI is InChI=1S/C14H23NO4/c1-10-11(5-8-19-10)15(2)12(16)9-14(13(17)18)6-3-4-7-14/h10-11H,3-9H2,1-2H3,(H,17,18). The van der Waals surface area contributed by atoms with Gasteiger partial charge < -0.3 is 14.7 Å². The van der Waals surface area contributed by atoms with Crippen LogP contribution in [-0.4, -0.2) is 47.7 Å². The number of hydrogen-bond acceptors (Lipinski definition) is 3. The molecule has 1 saturated carbocycles. The van der Waals surface area contributed by atoms with Crippen molar-refractivity contribution in [3.05, 3.63) is 0 Å². The summed E-state index contributed by atoms with van der Waals surface area (Å²) in [5.74, 6) is -0.880. The van der Waals surface area contributed by atoms with Crippen molar-refractivity contribution in [1.29, 1.82) is 0 Å². The number of rotatable bonds is 4. The molecule has 2 rings (SSSR count). The van der Waals surface area contributed by atoms with Crippen LogP contribution < -0.4 is 0 Å². The lowest BCUT2D eigenvalue weighted by Crippen LogP contribution is -2.44. The molecule has 1 aliphatic heterocycles. The molecule has 0 aromatic rings. The van der Waals surface area contributed by atoms with E-state index in [0.29, 0.717) is 19.4 Å². The Morgan fingerprint density at radius 2 is 2.00 bits per heavy atom. The average Bonchev–Trinajstić information content (AvgIpc) is 2.98. The summed E-state index contributed by atoms with van der Waals surface area (Å²) in [6, 6.07) is 0.0831. The number of carboxylic acid groups (broad SMARTS) is 1. The van der Waals surface area contributed by atoms with Gasteiger partial charge in [-0.3, -0.25) is 9.59 Å². The highest BCUT2D eigenvalue weighted by molar-refractivity contribution is 5.85. The molecular formula is C14H23NO4. The molecule has 1 N–H and O–H groups in total. The van der Waals surface area contributed by atoms with Gasteiger partial charge in [-0.1, -0.05) is 12.8 Å². The van der Waals surface area contributed by atoms with Gasteiger partial charge in [-0.2, -0.15) is 0 Å². The summed E-state index contributed by atoms with van der Waals surface area (Å²) in [6.07, 6.45) is 4.07. The molecule has 2 unspecified atom stereocenters. The molecule has 2 atom stereocenters. The van der Waals surface area contributed by atoms with E-state index in [2.05, 4.69) is 0 Å². The van der Waals surface area contributed by atoms with E-state index in [9.17, 15) is 14.7 Å². The van der Waals surface area contributed by atoms with Gasteiger partial charge in [0.15, 0.2) is 0 Å². The predicted octanol–water partition coefficient (Wildman–Crippen LogP) is 1.66. The molecule has 0 spiro atoms. The van der Waals surface area contributed by atoms with Crippen molar-refractivity contribution in [2.45, 2.75) is 57.6 Å². The van der Waals surface area contributed by atoms with E-state index in [1.54, 1.807) is 11.9 Å². The van der Waals surface area contributed by atoms with E-state index in [-0.39, 0.29) is 24.5 Å². The number of ether oxygens (including phenoxy) is 1. The van der Waals surface area contributed by atoms with Crippen LogP contribution in [0.15, 0.2) is 0 Å². The summed E-state index contributed by atoms with van der Waals surface area (Å²) >= 11 is 0. The number of carbonyl (C=O) groups is 2. The SMILES string of the molecule is CC1OCCC1N(C)C(=O)CC1(C(=O)O)CCCC1. The van der Waals surface area contributed by atoms with E-state index >= 15 is 0 Å². The third kappa shape index (κ3) is 2.76. The molecule has 0 aromatic heterocycles. The normalized spacial score (nSPS) is 29.4. The Balaban J connectivity index is 2.01. The van der Waals surface area contributed by atoms with Crippen molar-refractivity contribution in [3.8, 4) is 0 Å². The lowest BCUT2D eigenvalue weighted by atomic mass is 9.82. The molecule has 1 heterocycles. The van der Waals surface area contributed by atoms with Gasteiger partial charge >= 0.3 is 5.97 Å². The van der Waals surface area contributed by atoms with Crippen LogP contribution in [-0.2, 0) is 14.3 Å². The van der Waals surface area contributed by atoms with E-state index in [1.807, 2.05) is 6.92 Å². The van der Waals surface area contributed by atoms with Crippen molar-refractivity contribution in [2.75, 3.05) is 13.7 Å². The van der Waals surface area contributed by atoms with Gasteiger partial charge in [0, 0.05) is 20.1 Å². The number of likely N-dealkylation sites (N-methyl/N-ethyl adjacent to an activating group) is 1. The van der Waals surface area contributed by atoms with E-state index in [1.165, 1.54) is 0 Å². The highest BCUT2D eigenvalue weighted by atomic mass is 16.5. The Bertz CT molecular complexity index is 362. The molecule has 5 nitrogen and oxygen atoms in total. The fourth-order valence-corrected chi connectivity index (χ4v) is 3.35. The molecule has 0 radical (unpaired) electrons. The molecule has 1 amide bonds. The Morgan fingerprint density at radius 3 is 2.47 bits per heavy atom. The zero-order chi connectivity index (χ0) is 14.0. The largest absolute Gasteiger partial charge is 0.481 e. The number of nitrogens with zero attached hydrogens (tertiary/aromatic N) is 1. The maximum Gasteiger partial charge on any atom is 0.310 e. The summed E-state index contributed by atoms with van der Waals surface area (Å²) in [7, 11) is 1.77. The number of hydrogen-bond donors (Lipinski definition) is 1. The molecule has 0 aromatic carbocycles. The van der Waals surface area contributed by atoms with Gasteiger partial charge in [0.2, 0.25) is 5.91 Å². The molecule has 2 aliphatic rings. The number of aliphatic carboxylic acids is 1. The molecule has 1 saturated heterocycles. The van der Waals surface area contributed by atoms with Gasteiger partial charge in [0.25, 0.3) is 0 Å². The van der Waals surface area contributed by atoms with E-state index in [0.717, 1.165) is 19.3 Å². The third-order valence-corrected chi connectivity index (χ3v) is 4.73. The zero-order valence-corrected chi connectivity index (χ0v) is 11.7. The Labute approximate surface area is 113 Å². The Morgan fingerprint density at radius 1 is 1.37 bits per heavy atom. The first kappa shape index (κ1) is 14.3. The maximum atomic E-state index is 12.3. The molecule has 2 fully saturated rings. The van der Waals surface area contributed by atoms with Crippen LogP contribution in [0.1, 0.15) is 45.4 Å². The quantitative estimate of drug-likeness (QED) is 0.843. The first-order valence-electron chi connectivity index (χ1n) is 7.07. The lowest BCUT2D eigenvalue weighted by Gasteiger charge is -2.31. The molecule has 108 valence electrons. The fraction of sp³-hybridized carbons (Fsp3) is 0.857. The Kier molecular flexibility index (Phi) is 4.13. The summed E-state index contributed by atoms with van der Waals surface area (Å²) in [5.41, 5.74) is -0.825. The van der Waals surface area contributed by atoms with Gasteiger partial charge in [0.05, 0.1) is 17.6 Å².